The molecule has 0 radical (unpaired) electrons. The van der Waals surface area contributed by atoms with Crippen LogP contribution in [-0.4, -0.2) is 44.5 Å². The number of rotatable bonds is 3. The molecule has 2 heterocycles. The first-order valence-electron chi connectivity index (χ1n) is 8.45. The third-order valence-corrected chi connectivity index (χ3v) is 5.00. The Hall–Kier alpha value is -1.26. The molecule has 1 aromatic carbocycles. The summed E-state index contributed by atoms with van der Waals surface area (Å²) in [5, 5.41) is 3.35. The minimum atomic E-state index is 0. The molecule has 1 unspecified atom stereocenters. The number of nitrogens with zero attached hydrogens (tertiary/aromatic N) is 2. The summed E-state index contributed by atoms with van der Waals surface area (Å²) in [7, 11) is 4.12. The molecule has 0 aromatic heterocycles. The molecule has 23 heavy (non-hydrogen) atoms. The number of amides is 1. The maximum absolute atomic E-state index is 12.9. The van der Waals surface area contributed by atoms with Gasteiger partial charge in [0.2, 0.25) is 5.91 Å². The fourth-order valence-electron chi connectivity index (χ4n) is 3.69. The Kier molecular flexibility index (Phi) is 6.31. The molecule has 0 spiro atoms. The van der Waals surface area contributed by atoms with Gasteiger partial charge in [0.25, 0.3) is 0 Å². The molecule has 0 bridgehead atoms. The van der Waals surface area contributed by atoms with Crippen LogP contribution in [0.1, 0.15) is 37.3 Å². The lowest BCUT2D eigenvalue weighted by Crippen LogP contribution is -2.40. The molecular weight excluding hydrogens is 310 g/mol. The van der Waals surface area contributed by atoms with Gasteiger partial charge in [0, 0.05) is 32.2 Å². The summed E-state index contributed by atoms with van der Waals surface area (Å²) in [5.41, 5.74) is 2.49. The first-order valence-corrected chi connectivity index (χ1v) is 8.45. The Labute approximate surface area is 145 Å². The summed E-state index contributed by atoms with van der Waals surface area (Å²) < 4.78 is 0. The van der Waals surface area contributed by atoms with E-state index >= 15 is 0 Å². The molecule has 1 amide bonds. The van der Waals surface area contributed by atoms with Gasteiger partial charge in [0.1, 0.15) is 0 Å². The quantitative estimate of drug-likeness (QED) is 0.921. The zero-order chi connectivity index (χ0) is 15.5. The van der Waals surface area contributed by atoms with Gasteiger partial charge in [-0.1, -0.05) is 12.1 Å². The molecule has 2 aliphatic heterocycles. The third kappa shape index (κ3) is 3.99. The van der Waals surface area contributed by atoms with Gasteiger partial charge in [-0.2, -0.15) is 0 Å². The highest BCUT2D eigenvalue weighted by atomic mass is 35.5. The van der Waals surface area contributed by atoms with E-state index in [1.54, 1.807) is 0 Å². The molecule has 2 saturated heterocycles. The van der Waals surface area contributed by atoms with Crippen molar-refractivity contribution >= 4 is 24.0 Å². The number of anilines is 1. The van der Waals surface area contributed by atoms with Crippen molar-refractivity contribution in [2.45, 2.75) is 31.7 Å². The number of benzene rings is 1. The molecule has 0 saturated carbocycles. The Morgan fingerprint density at radius 1 is 1.22 bits per heavy atom. The Bertz CT molecular complexity index is 529. The monoisotopic (exact) mass is 337 g/mol. The van der Waals surface area contributed by atoms with E-state index in [9.17, 15) is 4.79 Å². The third-order valence-electron chi connectivity index (χ3n) is 5.00. The van der Waals surface area contributed by atoms with E-state index < -0.39 is 0 Å². The van der Waals surface area contributed by atoms with Crippen molar-refractivity contribution in [3.63, 3.8) is 0 Å². The van der Waals surface area contributed by atoms with Crippen LogP contribution in [0.15, 0.2) is 24.3 Å². The zero-order valence-electron chi connectivity index (χ0n) is 14.1. The Balaban J connectivity index is 0.00000192. The maximum Gasteiger partial charge on any atom is 0.226 e. The number of carbonyl (C=O) groups is 1. The predicted octanol–water partition coefficient (Wildman–Crippen LogP) is 2.84. The average molecular weight is 338 g/mol. The molecule has 5 heteroatoms. The van der Waals surface area contributed by atoms with Gasteiger partial charge in [-0.15, -0.1) is 12.4 Å². The molecule has 0 aliphatic carbocycles. The SMILES string of the molecule is CN(C)c1cccc(C2CCCN2C(=O)C2CCNCC2)c1.Cl. The van der Waals surface area contributed by atoms with Crippen molar-refractivity contribution in [1.29, 1.82) is 0 Å². The highest BCUT2D eigenvalue weighted by Gasteiger charge is 2.34. The number of halogens is 1. The molecule has 2 aliphatic rings. The summed E-state index contributed by atoms with van der Waals surface area (Å²) in [6.07, 6.45) is 4.18. The van der Waals surface area contributed by atoms with Crippen LogP contribution in [0.25, 0.3) is 0 Å². The van der Waals surface area contributed by atoms with E-state index in [1.165, 1.54) is 11.3 Å². The number of hydrogen-bond donors (Lipinski definition) is 1. The van der Waals surface area contributed by atoms with Crippen molar-refractivity contribution in [3.8, 4) is 0 Å². The van der Waals surface area contributed by atoms with Gasteiger partial charge >= 0.3 is 0 Å². The fourth-order valence-corrected chi connectivity index (χ4v) is 3.69. The van der Waals surface area contributed by atoms with Gasteiger partial charge in [-0.25, -0.2) is 0 Å². The largest absolute Gasteiger partial charge is 0.378 e. The normalized spacial score (nSPS) is 21.8. The highest BCUT2D eigenvalue weighted by Crippen LogP contribution is 2.35. The molecular formula is C18H28ClN3O. The predicted molar refractivity (Wildman–Crippen MR) is 97.3 cm³/mol. The lowest BCUT2D eigenvalue weighted by molar-refractivity contribution is -0.137. The topological polar surface area (TPSA) is 35.6 Å². The van der Waals surface area contributed by atoms with Crippen molar-refractivity contribution in [2.75, 3.05) is 38.6 Å². The van der Waals surface area contributed by atoms with Crippen LogP contribution >= 0.6 is 12.4 Å². The smallest absolute Gasteiger partial charge is 0.226 e. The second-order valence-corrected chi connectivity index (χ2v) is 6.70. The minimum absolute atomic E-state index is 0. The standard InChI is InChI=1S/C18H27N3O.ClH/c1-20(2)16-6-3-5-15(13-16)17-7-4-12-21(17)18(22)14-8-10-19-11-9-14;/h3,5-6,13-14,17,19H,4,7-12H2,1-2H3;1H. The van der Waals surface area contributed by atoms with Crippen molar-refractivity contribution in [3.05, 3.63) is 29.8 Å². The van der Waals surface area contributed by atoms with Gasteiger partial charge in [0.05, 0.1) is 6.04 Å². The molecule has 2 fully saturated rings. The molecule has 1 atom stereocenters. The lowest BCUT2D eigenvalue weighted by Gasteiger charge is -2.31. The molecule has 1 aromatic rings. The first-order chi connectivity index (χ1) is 10.7. The van der Waals surface area contributed by atoms with Crippen LogP contribution in [-0.2, 0) is 4.79 Å². The highest BCUT2D eigenvalue weighted by molar-refractivity contribution is 5.85. The maximum atomic E-state index is 12.9. The molecule has 128 valence electrons. The van der Waals surface area contributed by atoms with Gasteiger partial charge in [-0.3, -0.25) is 4.79 Å². The fraction of sp³-hybridized carbons (Fsp3) is 0.611. The molecule has 3 rings (SSSR count). The van der Waals surface area contributed by atoms with E-state index in [4.69, 9.17) is 0 Å². The number of hydrogen-bond acceptors (Lipinski definition) is 3. The number of likely N-dealkylation sites (tertiary alicyclic amines) is 1. The van der Waals surface area contributed by atoms with Crippen molar-refractivity contribution in [2.24, 2.45) is 5.92 Å². The second-order valence-electron chi connectivity index (χ2n) is 6.70. The van der Waals surface area contributed by atoms with Crippen LogP contribution in [0.3, 0.4) is 0 Å². The van der Waals surface area contributed by atoms with E-state index in [-0.39, 0.29) is 24.4 Å². The number of nitrogens with one attached hydrogen (secondary N) is 1. The summed E-state index contributed by atoms with van der Waals surface area (Å²) in [4.78, 5) is 17.2. The Morgan fingerprint density at radius 3 is 2.65 bits per heavy atom. The van der Waals surface area contributed by atoms with Gasteiger partial charge < -0.3 is 15.1 Å². The van der Waals surface area contributed by atoms with Crippen molar-refractivity contribution < 1.29 is 4.79 Å². The van der Waals surface area contributed by atoms with E-state index in [1.807, 2.05) is 0 Å². The van der Waals surface area contributed by atoms with Crippen LogP contribution in [0.5, 0.6) is 0 Å². The zero-order valence-corrected chi connectivity index (χ0v) is 14.9. The number of piperidine rings is 1. The molecule has 4 nitrogen and oxygen atoms in total. The van der Waals surface area contributed by atoms with E-state index in [2.05, 4.69) is 53.5 Å². The van der Waals surface area contributed by atoms with E-state index in [0.717, 1.165) is 45.3 Å². The van der Waals surface area contributed by atoms with Gasteiger partial charge in [0.15, 0.2) is 0 Å². The number of carbonyl (C=O) groups excluding carboxylic acids is 1. The summed E-state index contributed by atoms with van der Waals surface area (Å²) in [6, 6.07) is 8.90. The van der Waals surface area contributed by atoms with Crippen LogP contribution in [0.2, 0.25) is 0 Å². The van der Waals surface area contributed by atoms with Gasteiger partial charge in [-0.05, 0) is 56.5 Å². The van der Waals surface area contributed by atoms with E-state index in [0.29, 0.717) is 5.91 Å². The van der Waals surface area contributed by atoms with Crippen LogP contribution < -0.4 is 10.2 Å². The summed E-state index contributed by atoms with van der Waals surface area (Å²) in [6.45, 7) is 2.87. The molecule has 1 N–H and O–H groups in total. The minimum Gasteiger partial charge on any atom is -0.378 e. The Morgan fingerprint density at radius 2 is 1.96 bits per heavy atom. The lowest BCUT2D eigenvalue weighted by atomic mass is 9.95. The second kappa shape index (κ2) is 8.02. The first kappa shape index (κ1) is 18.1. The average Bonchev–Trinajstić information content (AvgIpc) is 3.04. The van der Waals surface area contributed by atoms with Crippen LogP contribution in [0.4, 0.5) is 5.69 Å². The van der Waals surface area contributed by atoms with Crippen molar-refractivity contribution in [1.82, 2.24) is 10.2 Å². The summed E-state index contributed by atoms with van der Waals surface area (Å²) >= 11 is 0. The summed E-state index contributed by atoms with van der Waals surface area (Å²) in [5.74, 6) is 0.595. The van der Waals surface area contributed by atoms with Crippen LogP contribution in [0, 0.1) is 5.92 Å².